The molecule has 0 aromatic heterocycles. The Balaban J connectivity index is 2.32. The number of ether oxygens (including phenoxy) is 1. The summed E-state index contributed by atoms with van der Waals surface area (Å²) in [5.74, 6) is 1.39. The van der Waals surface area contributed by atoms with Gasteiger partial charge in [-0.3, -0.25) is 0 Å². The van der Waals surface area contributed by atoms with E-state index in [2.05, 4.69) is 26.1 Å². The Labute approximate surface area is 69.3 Å². The number of morpholine rings is 1. The van der Waals surface area contributed by atoms with Crippen molar-refractivity contribution in [2.45, 2.75) is 26.9 Å². The zero-order chi connectivity index (χ0) is 8.27. The fraction of sp³-hybridized carbons (Fsp3) is 1.00. The fourth-order valence-electron chi connectivity index (χ4n) is 1.35. The van der Waals surface area contributed by atoms with Gasteiger partial charge in [0.2, 0.25) is 0 Å². The highest BCUT2D eigenvalue weighted by Gasteiger charge is 2.22. The maximum absolute atomic E-state index is 5.64. The van der Waals surface area contributed by atoms with Gasteiger partial charge in [0, 0.05) is 13.1 Å². The first kappa shape index (κ1) is 9.01. The van der Waals surface area contributed by atoms with Gasteiger partial charge in [0.05, 0.1) is 12.7 Å². The zero-order valence-corrected chi connectivity index (χ0v) is 7.76. The predicted molar refractivity (Wildman–Crippen MR) is 46.6 cm³/mol. The molecule has 2 atom stereocenters. The molecule has 0 bridgehead atoms. The van der Waals surface area contributed by atoms with Crippen molar-refractivity contribution >= 4 is 0 Å². The standard InChI is InChI=1S/C9H19NO/c1-7(2)8(3)9-6-10-4-5-11-9/h7-10H,4-6H2,1-3H3/t8?,9-/m1/s1. The lowest BCUT2D eigenvalue weighted by Crippen LogP contribution is -2.43. The predicted octanol–water partition coefficient (Wildman–Crippen LogP) is 1.27. The van der Waals surface area contributed by atoms with Crippen LogP contribution in [0, 0.1) is 11.8 Å². The first-order valence-corrected chi connectivity index (χ1v) is 4.54. The van der Waals surface area contributed by atoms with E-state index in [4.69, 9.17) is 4.74 Å². The molecule has 1 unspecified atom stereocenters. The van der Waals surface area contributed by atoms with Crippen LogP contribution in [-0.2, 0) is 4.74 Å². The zero-order valence-electron chi connectivity index (χ0n) is 7.76. The largest absolute Gasteiger partial charge is 0.375 e. The lowest BCUT2D eigenvalue weighted by Gasteiger charge is -2.30. The fourth-order valence-corrected chi connectivity index (χ4v) is 1.35. The Morgan fingerprint density at radius 2 is 2.09 bits per heavy atom. The van der Waals surface area contributed by atoms with E-state index in [-0.39, 0.29) is 0 Å². The maximum atomic E-state index is 5.64. The summed E-state index contributed by atoms with van der Waals surface area (Å²) in [7, 11) is 0. The molecule has 2 heteroatoms. The van der Waals surface area contributed by atoms with Crippen LogP contribution in [0.5, 0.6) is 0 Å². The van der Waals surface area contributed by atoms with Gasteiger partial charge in [-0.1, -0.05) is 20.8 Å². The summed E-state index contributed by atoms with van der Waals surface area (Å²) in [4.78, 5) is 0. The molecule has 1 N–H and O–H groups in total. The Bertz CT molecular complexity index is 108. The van der Waals surface area contributed by atoms with Crippen molar-refractivity contribution in [1.29, 1.82) is 0 Å². The summed E-state index contributed by atoms with van der Waals surface area (Å²) >= 11 is 0. The second-order valence-electron chi connectivity index (χ2n) is 3.72. The summed E-state index contributed by atoms with van der Waals surface area (Å²) in [6.45, 7) is 9.69. The van der Waals surface area contributed by atoms with E-state index in [9.17, 15) is 0 Å². The van der Waals surface area contributed by atoms with Crippen LogP contribution in [0.25, 0.3) is 0 Å². The van der Waals surface area contributed by atoms with E-state index >= 15 is 0 Å². The average Bonchev–Trinajstić information content (AvgIpc) is 2.05. The Hall–Kier alpha value is -0.0800. The molecule has 0 amide bonds. The van der Waals surface area contributed by atoms with Crippen LogP contribution in [0.4, 0.5) is 0 Å². The molecule has 0 aromatic rings. The lowest BCUT2D eigenvalue weighted by molar-refractivity contribution is -0.0163. The van der Waals surface area contributed by atoms with Crippen molar-refractivity contribution in [2.75, 3.05) is 19.7 Å². The Morgan fingerprint density at radius 1 is 1.36 bits per heavy atom. The molecule has 0 aliphatic carbocycles. The first-order valence-electron chi connectivity index (χ1n) is 4.54. The van der Waals surface area contributed by atoms with Gasteiger partial charge in [-0.05, 0) is 11.8 Å². The molecule has 0 spiro atoms. The number of hydrogen-bond donors (Lipinski definition) is 1. The van der Waals surface area contributed by atoms with Crippen LogP contribution in [0.3, 0.4) is 0 Å². The lowest BCUT2D eigenvalue weighted by atomic mass is 9.92. The molecule has 1 aliphatic heterocycles. The Kier molecular flexibility index (Phi) is 3.34. The van der Waals surface area contributed by atoms with Crippen molar-refractivity contribution < 1.29 is 4.74 Å². The van der Waals surface area contributed by atoms with Gasteiger partial charge in [0.15, 0.2) is 0 Å². The minimum absolute atomic E-state index is 0.434. The van der Waals surface area contributed by atoms with Gasteiger partial charge in [0.1, 0.15) is 0 Å². The minimum atomic E-state index is 0.434. The third-order valence-corrected chi connectivity index (χ3v) is 2.59. The van der Waals surface area contributed by atoms with E-state index in [1.165, 1.54) is 0 Å². The Morgan fingerprint density at radius 3 is 2.55 bits per heavy atom. The van der Waals surface area contributed by atoms with Crippen LogP contribution >= 0.6 is 0 Å². The molecule has 1 heterocycles. The quantitative estimate of drug-likeness (QED) is 0.651. The van der Waals surface area contributed by atoms with Crippen molar-refractivity contribution in [3.8, 4) is 0 Å². The van der Waals surface area contributed by atoms with Gasteiger partial charge in [-0.15, -0.1) is 0 Å². The van der Waals surface area contributed by atoms with Gasteiger partial charge in [-0.2, -0.15) is 0 Å². The van der Waals surface area contributed by atoms with Crippen LogP contribution in [-0.4, -0.2) is 25.8 Å². The van der Waals surface area contributed by atoms with Crippen molar-refractivity contribution in [3.63, 3.8) is 0 Å². The van der Waals surface area contributed by atoms with Gasteiger partial charge in [0.25, 0.3) is 0 Å². The van der Waals surface area contributed by atoms with Crippen LogP contribution in [0.1, 0.15) is 20.8 Å². The number of rotatable bonds is 2. The second-order valence-corrected chi connectivity index (χ2v) is 3.72. The van der Waals surface area contributed by atoms with Crippen LogP contribution < -0.4 is 5.32 Å². The molecular formula is C9H19NO. The summed E-state index contributed by atoms with van der Waals surface area (Å²) in [5.41, 5.74) is 0. The third-order valence-electron chi connectivity index (χ3n) is 2.59. The van der Waals surface area contributed by atoms with E-state index in [0.717, 1.165) is 25.6 Å². The van der Waals surface area contributed by atoms with Crippen molar-refractivity contribution in [1.82, 2.24) is 5.32 Å². The molecule has 0 saturated carbocycles. The highest BCUT2D eigenvalue weighted by atomic mass is 16.5. The summed E-state index contributed by atoms with van der Waals surface area (Å²) in [6.07, 6.45) is 0.434. The van der Waals surface area contributed by atoms with Crippen molar-refractivity contribution in [2.24, 2.45) is 11.8 Å². The van der Waals surface area contributed by atoms with Gasteiger partial charge in [-0.25, -0.2) is 0 Å². The van der Waals surface area contributed by atoms with E-state index in [1.807, 2.05) is 0 Å². The topological polar surface area (TPSA) is 21.3 Å². The summed E-state index contributed by atoms with van der Waals surface area (Å²) in [5, 5.41) is 3.35. The molecular weight excluding hydrogens is 138 g/mol. The minimum Gasteiger partial charge on any atom is -0.375 e. The highest BCUT2D eigenvalue weighted by Crippen LogP contribution is 2.17. The molecule has 1 rings (SSSR count). The molecule has 1 fully saturated rings. The third kappa shape index (κ3) is 2.46. The molecule has 0 aromatic carbocycles. The van der Waals surface area contributed by atoms with E-state index < -0.39 is 0 Å². The van der Waals surface area contributed by atoms with Crippen LogP contribution in [0.2, 0.25) is 0 Å². The van der Waals surface area contributed by atoms with E-state index in [0.29, 0.717) is 12.0 Å². The molecule has 66 valence electrons. The maximum Gasteiger partial charge on any atom is 0.0727 e. The summed E-state index contributed by atoms with van der Waals surface area (Å²) < 4.78 is 5.64. The van der Waals surface area contributed by atoms with Crippen LogP contribution in [0.15, 0.2) is 0 Å². The second kappa shape index (κ2) is 4.07. The monoisotopic (exact) mass is 157 g/mol. The number of nitrogens with one attached hydrogen (secondary N) is 1. The summed E-state index contributed by atoms with van der Waals surface area (Å²) in [6, 6.07) is 0. The molecule has 2 nitrogen and oxygen atoms in total. The molecule has 0 radical (unpaired) electrons. The molecule has 11 heavy (non-hydrogen) atoms. The van der Waals surface area contributed by atoms with Gasteiger partial charge >= 0.3 is 0 Å². The first-order chi connectivity index (χ1) is 5.22. The van der Waals surface area contributed by atoms with E-state index in [1.54, 1.807) is 0 Å². The normalized spacial score (nSPS) is 28.9. The van der Waals surface area contributed by atoms with Crippen molar-refractivity contribution in [3.05, 3.63) is 0 Å². The number of hydrogen-bond acceptors (Lipinski definition) is 2. The molecule has 1 saturated heterocycles. The highest BCUT2D eigenvalue weighted by molar-refractivity contribution is 4.74. The smallest absolute Gasteiger partial charge is 0.0727 e. The average molecular weight is 157 g/mol. The SMILES string of the molecule is CC(C)C(C)[C@H]1CNCCO1. The molecule has 1 aliphatic rings. The van der Waals surface area contributed by atoms with Gasteiger partial charge < -0.3 is 10.1 Å².